The molecule has 64 valence electrons. The van der Waals surface area contributed by atoms with Gasteiger partial charge in [0.2, 0.25) is 0 Å². The number of allylic oxidation sites excluding steroid dienone is 2. The lowest BCUT2D eigenvalue weighted by molar-refractivity contribution is -0.0415. The number of aliphatic hydroxyl groups excluding tert-OH is 3. The van der Waals surface area contributed by atoms with E-state index in [9.17, 15) is 10.2 Å². The number of aliphatic hydroxyl groups is 3. The summed E-state index contributed by atoms with van der Waals surface area (Å²) >= 11 is 0. The van der Waals surface area contributed by atoms with Gasteiger partial charge < -0.3 is 20.1 Å². The van der Waals surface area contributed by atoms with E-state index in [0.29, 0.717) is 12.2 Å². The van der Waals surface area contributed by atoms with E-state index in [-0.39, 0.29) is 17.1 Å². The topological polar surface area (TPSA) is 69.9 Å². The van der Waals surface area contributed by atoms with Crippen LogP contribution in [0, 0.1) is 0 Å². The molecular formula is C8H8O4. The number of ether oxygens (including phenoxy) is 1. The van der Waals surface area contributed by atoms with E-state index in [1.165, 1.54) is 6.08 Å². The lowest BCUT2D eigenvalue weighted by Crippen LogP contribution is -2.06. The zero-order chi connectivity index (χ0) is 8.72. The molecule has 1 aliphatic heterocycles. The molecule has 4 nitrogen and oxygen atoms in total. The van der Waals surface area contributed by atoms with Gasteiger partial charge in [-0.15, -0.1) is 0 Å². The molecule has 1 heterocycles. The van der Waals surface area contributed by atoms with Gasteiger partial charge in [0.1, 0.15) is 17.1 Å². The van der Waals surface area contributed by atoms with Gasteiger partial charge in [-0.1, -0.05) is 0 Å². The van der Waals surface area contributed by atoms with E-state index in [1.54, 1.807) is 6.08 Å². The minimum atomic E-state index is -1.33. The van der Waals surface area contributed by atoms with Gasteiger partial charge in [0.15, 0.2) is 5.76 Å². The van der Waals surface area contributed by atoms with Gasteiger partial charge >= 0.3 is 0 Å². The zero-order valence-corrected chi connectivity index (χ0v) is 6.19. The maximum Gasteiger partial charge on any atom is 0.256 e. The predicted octanol–water partition coefficient (Wildman–Crippen LogP) is 0.877. The number of fused-ring (bicyclic) bond motifs is 1. The average molecular weight is 168 g/mol. The fourth-order valence-electron chi connectivity index (χ4n) is 1.27. The Morgan fingerprint density at radius 2 is 2.08 bits per heavy atom. The van der Waals surface area contributed by atoms with Crippen LogP contribution in [-0.4, -0.2) is 21.6 Å². The van der Waals surface area contributed by atoms with Crippen LogP contribution in [0.15, 0.2) is 35.0 Å². The van der Waals surface area contributed by atoms with E-state index in [1.807, 2.05) is 0 Å². The molecule has 12 heavy (non-hydrogen) atoms. The van der Waals surface area contributed by atoms with E-state index in [2.05, 4.69) is 0 Å². The molecule has 1 atom stereocenters. The molecule has 0 aromatic heterocycles. The molecule has 0 spiro atoms. The Balaban J connectivity index is 2.49. The molecule has 0 amide bonds. The van der Waals surface area contributed by atoms with Crippen LogP contribution in [0.3, 0.4) is 0 Å². The minimum absolute atomic E-state index is 0.0402. The molecule has 0 saturated heterocycles. The van der Waals surface area contributed by atoms with Crippen LogP contribution in [0.5, 0.6) is 0 Å². The molecule has 0 bridgehead atoms. The SMILES string of the molecule is OC1=CCC=C2OC(O)C(O)=C12. The van der Waals surface area contributed by atoms with Gasteiger partial charge in [0.05, 0.1) is 0 Å². The van der Waals surface area contributed by atoms with Crippen molar-refractivity contribution in [3.63, 3.8) is 0 Å². The molecule has 0 radical (unpaired) electrons. The molecule has 2 rings (SSSR count). The van der Waals surface area contributed by atoms with E-state index in [0.717, 1.165) is 0 Å². The standard InChI is InChI=1S/C8H8O4/c9-4-2-1-3-5-6(4)7(10)8(11)12-5/h2-3,8-11H,1H2. The summed E-state index contributed by atoms with van der Waals surface area (Å²) in [6, 6.07) is 0. The Morgan fingerprint density at radius 1 is 1.33 bits per heavy atom. The van der Waals surface area contributed by atoms with Crippen LogP contribution in [0.4, 0.5) is 0 Å². The Labute approximate surface area is 68.7 Å². The first-order valence-electron chi connectivity index (χ1n) is 3.58. The number of hydrogen-bond donors (Lipinski definition) is 3. The summed E-state index contributed by atoms with van der Waals surface area (Å²) in [4.78, 5) is 0. The maximum absolute atomic E-state index is 9.28. The third-order valence-corrected chi connectivity index (χ3v) is 1.85. The highest BCUT2D eigenvalue weighted by molar-refractivity contribution is 5.48. The predicted molar refractivity (Wildman–Crippen MR) is 40.2 cm³/mol. The quantitative estimate of drug-likeness (QED) is 0.502. The molecule has 2 aliphatic rings. The highest BCUT2D eigenvalue weighted by Gasteiger charge is 2.32. The molecule has 3 N–H and O–H groups in total. The monoisotopic (exact) mass is 168 g/mol. The lowest BCUT2D eigenvalue weighted by Gasteiger charge is -2.07. The summed E-state index contributed by atoms with van der Waals surface area (Å²) in [7, 11) is 0. The summed E-state index contributed by atoms with van der Waals surface area (Å²) < 4.78 is 4.84. The van der Waals surface area contributed by atoms with Crippen molar-refractivity contribution < 1.29 is 20.1 Å². The van der Waals surface area contributed by atoms with Crippen molar-refractivity contribution >= 4 is 0 Å². The fourth-order valence-corrected chi connectivity index (χ4v) is 1.27. The van der Waals surface area contributed by atoms with Crippen molar-refractivity contribution in [3.8, 4) is 0 Å². The largest absolute Gasteiger partial charge is 0.507 e. The summed E-state index contributed by atoms with van der Waals surface area (Å²) in [5, 5.41) is 27.5. The van der Waals surface area contributed by atoms with Crippen molar-refractivity contribution in [2.75, 3.05) is 0 Å². The highest BCUT2D eigenvalue weighted by atomic mass is 16.6. The van der Waals surface area contributed by atoms with Crippen molar-refractivity contribution in [1.29, 1.82) is 0 Å². The Morgan fingerprint density at radius 3 is 2.75 bits per heavy atom. The first-order chi connectivity index (χ1) is 5.70. The molecule has 0 aromatic carbocycles. The molecule has 0 aromatic rings. The smallest absolute Gasteiger partial charge is 0.256 e. The Hall–Kier alpha value is -1.42. The molecule has 0 fully saturated rings. The molecule has 4 heteroatoms. The molecule has 1 unspecified atom stereocenters. The van der Waals surface area contributed by atoms with E-state index >= 15 is 0 Å². The van der Waals surface area contributed by atoms with Gasteiger partial charge in [-0.05, 0) is 18.6 Å². The summed E-state index contributed by atoms with van der Waals surface area (Å²) in [6.45, 7) is 0. The summed E-state index contributed by atoms with van der Waals surface area (Å²) in [6.07, 6.45) is 2.43. The minimum Gasteiger partial charge on any atom is -0.507 e. The second-order valence-electron chi connectivity index (χ2n) is 2.62. The Kier molecular flexibility index (Phi) is 1.38. The first kappa shape index (κ1) is 7.24. The van der Waals surface area contributed by atoms with Gasteiger partial charge in [-0.2, -0.15) is 0 Å². The normalized spacial score (nSPS) is 27.6. The lowest BCUT2D eigenvalue weighted by atomic mass is 10.1. The van der Waals surface area contributed by atoms with Gasteiger partial charge in [-0.3, -0.25) is 0 Å². The van der Waals surface area contributed by atoms with Crippen LogP contribution in [-0.2, 0) is 4.74 Å². The van der Waals surface area contributed by atoms with Crippen LogP contribution in [0.1, 0.15) is 6.42 Å². The maximum atomic E-state index is 9.28. The fraction of sp³-hybridized carbons (Fsp3) is 0.250. The van der Waals surface area contributed by atoms with Crippen LogP contribution in [0.2, 0.25) is 0 Å². The average Bonchev–Trinajstić information content (AvgIpc) is 2.29. The van der Waals surface area contributed by atoms with E-state index in [4.69, 9.17) is 9.84 Å². The second kappa shape index (κ2) is 2.28. The number of hydrogen-bond acceptors (Lipinski definition) is 4. The van der Waals surface area contributed by atoms with Crippen molar-refractivity contribution in [2.45, 2.75) is 12.7 Å². The summed E-state index contributed by atoms with van der Waals surface area (Å²) in [5.41, 5.74) is 0.203. The van der Waals surface area contributed by atoms with Crippen LogP contribution in [0.25, 0.3) is 0 Å². The molecular weight excluding hydrogens is 160 g/mol. The zero-order valence-electron chi connectivity index (χ0n) is 6.19. The van der Waals surface area contributed by atoms with Crippen LogP contribution >= 0.6 is 0 Å². The van der Waals surface area contributed by atoms with Crippen molar-refractivity contribution in [2.24, 2.45) is 0 Å². The van der Waals surface area contributed by atoms with Gasteiger partial charge in [0.25, 0.3) is 6.29 Å². The van der Waals surface area contributed by atoms with Gasteiger partial charge in [-0.25, -0.2) is 0 Å². The number of rotatable bonds is 0. The van der Waals surface area contributed by atoms with Crippen LogP contribution < -0.4 is 0 Å². The van der Waals surface area contributed by atoms with Gasteiger partial charge in [0, 0.05) is 0 Å². The summed E-state index contributed by atoms with van der Waals surface area (Å²) in [5.74, 6) is -0.0174. The van der Waals surface area contributed by atoms with Crippen molar-refractivity contribution in [3.05, 3.63) is 35.0 Å². The molecule has 0 saturated carbocycles. The highest BCUT2D eigenvalue weighted by Crippen LogP contribution is 2.34. The second-order valence-corrected chi connectivity index (χ2v) is 2.62. The molecule has 1 aliphatic carbocycles. The first-order valence-corrected chi connectivity index (χ1v) is 3.58. The third kappa shape index (κ3) is 0.816. The third-order valence-electron chi connectivity index (χ3n) is 1.85. The Bertz CT molecular complexity index is 311. The van der Waals surface area contributed by atoms with Crippen molar-refractivity contribution in [1.82, 2.24) is 0 Å². The van der Waals surface area contributed by atoms with E-state index < -0.39 is 6.29 Å².